The molecule has 0 aliphatic rings. The third-order valence-electron chi connectivity index (χ3n) is 2.32. The van der Waals surface area contributed by atoms with Gasteiger partial charge in [0.05, 0.1) is 0 Å². The molecule has 0 spiro atoms. The Balaban J connectivity index is 2.23. The third kappa shape index (κ3) is 2.58. The molecular weight excluding hydrogens is 254 g/mol. The number of H-pyrrole nitrogens is 1. The summed E-state index contributed by atoms with van der Waals surface area (Å²) in [5, 5.41) is 1.16. The first-order chi connectivity index (χ1) is 7.15. The molecule has 2 aromatic rings. The van der Waals surface area contributed by atoms with Gasteiger partial charge in [0.1, 0.15) is 5.65 Å². The number of hydrogen-bond acceptors (Lipinski definition) is 2. The second kappa shape index (κ2) is 4.33. The zero-order chi connectivity index (χ0) is 10.8. The van der Waals surface area contributed by atoms with Gasteiger partial charge in [-0.15, -0.1) is 0 Å². The number of nitrogens with one attached hydrogen (secondary N) is 1. The summed E-state index contributed by atoms with van der Waals surface area (Å²) in [5.74, 6) is 0. The minimum Gasteiger partial charge on any atom is -0.343 e. The Labute approximate surface area is 97.6 Å². The van der Waals surface area contributed by atoms with Crippen molar-refractivity contribution in [2.75, 3.05) is 20.6 Å². The highest BCUT2D eigenvalue weighted by Gasteiger charge is 2.02. The van der Waals surface area contributed by atoms with Crippen molar-refractivity contribution in [3.63, 3.8) is 0 Å². The fraction of sp³-hybridized carbons (Fsp3) is 0.364. The monoisotopic (exact) mass is 267 g/mol. The van der Waals surface area contributed by atoms with E-state index in [0.29, 0.717) is 0 Å². The van der Waals surface area contributed by atoms with Crippen molar-refractivity contribution >= 4 is 27.0 Å². The Bertz CT molecular complexity index is 462. The predicted octanol–water partition coefficient (Wildman–Crippen LogP) is 2.43. The van der Waals surface area contributed by atoms with Crippen LogP contribution in [-0.4, -0.2) is 35.5 Å². The molecule has 0 fully saturated rings. The highest BCUT2D eigenvalue weighted by atomic mass is 79.9. The molecule has 0 aliphatic carbocycles. The van der Waals surface area contributed by atoms with E-state index in [1.165, 1.54) is 5.69 Å². The predicted molar refractivity (Wildman–Crippen MR) is 66.1 cm³/mol. The van der Waals surface area contributed by atoms with E-state index in [0.717, 1.165) is 28.5 Å². The van der Waals surface area contributed by atoms with E-state index in [1.807, 2.05) is 6.20 Å². The highest BCUT2D eigenvalue weighted by Crippen LogP contribution is 2.18. The number of halogens is 1. The maximum atomic E-state index is 4.31. The molecule has 80 valence electrons. The molecular formula is C11H14BrN3. The van der Waals surface area contributed by atoms with Crippen LogP contribution in [0.5, 0.6) is 0 Å². The number of hydrogen-bond donors (Lipinski definition) is 1. The van der Waals surface area contributed by atoms with Crippen LogP contribution in [0.2, 0.25) is 0 Å². The number of aromatic amines is 1. The van der Waals surface area contributed by atoms with Gasteiger partial charge in [-0.25, -0.2) is 4.98 Å². The lowest BCUT2D eigenvalue weighted by Crippen LogP contribution is -2.15. The van der Waals surface area contributed by atoms with Crippen molar-refractivity contribution in [2.45, 2.75) is 6.42 Å². The Kier molecular flexibility index (Phi) is 3.07. The second-order valence-corrected chi connectivity index (χ2v) is 4.85. The molecule has 2 rings (SSSR count). The fourth-order valence-corrected chi connectivity index (χ4v) is 1.87. The second-order valence-electron chi connectivity index (χ2n) is 3.94. The van der Waals surface area contributed by atoms with Crippen LogP contribution in [0.4, 0.5) is 0 Å². The fourth-order valence-electron chi connectivity index (χ4n) is 1.52. The molecule has 0 aliphatic heterocycles. The molecule has 2 heterocycles. The third-order valence-corrected chi connectivity index (χ3v) is 2.75. The Morgan fingerprint density at radius 3 is 2.93 bits per heavy atom. The summed E-state index contributed by atoms with van der Waals surface area (Å²) < 4.78 is 1.02. The van der Waals surface area contributed by atoms with Crippen molar-refractivity contribution in [1.82, 2.24) is 14.9 Å². The molecule has 3 nitrogen and oxygen atoms in total. The van der Waals surface area contributed by atoms with Crippen molar-refractivity contribution in [3.8, 4) is 0 Å². The molecule has 0 unspecified atom stereocenters. The average Bonchev–Trinajstić information content (AvgIpc) is 2.56. The van der Waals surface area contributed by atoms with Crippen molar-refractivity contribution < 1.29 is 0 Å². The number of fused-ring (bicyclic) bond motifs is 1. The molecule has 0 aromatic carbocycles. The van der Waals surface area contributed by atoms with E-state index in [4.69, 9.17) is 0 Å². The van der Waals surface area contributed by atoms with E-state index in [2.05, 4.69) is 57.0 Å². The standard InChI is InChI=1S/C11H14BrN3/c1-15(2)4-3-10-6-8-5-9(12)7-13-11(8)14-10/h5-7H,3-4H2,1-2H3,(H,13,14). The summed E-state index contributed by atoms with van der Waals surface area (Å²) in [7, 11) is 4.16. The van der Waals surface area contributed by atoms with E-state index < -0.39 is 0 Å². The quantitative estimate of drug-likeness (QED) is 0.927. The van der Waals surface area contributed by atoms with Crippen LogP contribution in [0.1, 0.15) is 5.69 Å². The van der Waals surface area contributed by atoms with E-state index in [1.54, 1.807) is 0 Å². The number of pyridine rings is 1. The normalized spacial score (nSPS) is 11.5. The minimum atomic E-state index is 0.965. The molecule has 1 N–H and O–H groups in total. The number of rotatable bonds is 3. The van der Waals surface area contributed by atoms with E-state index in [-0.39, 0.29) is 0 Å². The Morgan fingerprint density at radius 1 is 1.40 bits per heavy atom. The van der Waals surface area contributed by atoms with E-state index >= 15 is 0 Å². The van der Waals surface area contributed by atoms with Gasteiger partial charge in [-0.05, 0) is 42.2 Å². The summed E-state index contributed by atoms with van der Waals surface area (Å²) in [4.78, 5) is 9.81. The lowest BCUT2D eigenvalue weighted by Gasteiger charge is -2.06. The average molecular weight is 268 g/mol. The summed E-state index contributed by atoms with van der Waals surface area (Å²) in [5.41, 5.74) is 2.20. The molecule has 15 heavy (non-hydrogen) atoms. The van der Waals surface area contributed by atoms with E-state index in [9.17, 15) is 0 Å². The van der Waals surface area contributed by atoms with Gasteiger partial charge in [-0.3, -0.25) is 0 Å². The maximum Gasteiger partial charge on any atom is 0.137 e. The van der Waals surface area contributed by atoms with Crippen LogP contribution in [0.25, 0.3) is 11.0 Å². The lowest BCUT2D eigenvalue weighted by molar-refractivity contribution is 0.412. The van der Waals surface area contributed by atoms with Crippen LogP contribution >= 0.6 is 15.9 Å². The lowest BCUT2D eigenvalue weighted by atomic mass is 10.2. The summed E-state index contributed by atoms with van der Waals surface area (Å²) in [6.45, 7) is 1.05. The SMILES string of the molecule is CN(C)CCc1cc2cc(Br)cnc2[nH]1. The number of aromatic nitrogens is 2. The Hall–Kier alpha value is -0.870. The van der Waals surface area contributed by atoms with Crippen LogP contribution in [0.3, 0.4) is 0 Å². The molecule has 0 atom stereocenters. The molecule has 0 radical (unpaired) electrons. The van der Waals surface area contributed by atoms with Crippen LogP contribution < -0.4 is 0 Å². The van der Waals surface area contributed by atoms with Crippen LogP contribution in [0, 0.1) is 0 Å². The van der Waals surface area contributed by atoms with Crippen molar-refractivity contribution in [2.24, 2.45) is 0 Å². The number of likely N-dealkylation sites (N-methyl/N-ethyl adjacent to an activating group) is 1. The zero-order valence-electron chi connectivity index (χ0n) is 8.92. The molecule has 0 saturated carbocycles. The van der Waals surface area contributed by atoms with Gasteiger partial charge in [-0.1, -0.05) is 0 Å². The molecule has 0 bridgehead atoms. The molecule has 0 saturated heterocycles. The van der Waals surface area contributed by atoms with Crippen molar-refractivity contribution in [3.05, 3.63) is 28.5 Å². The summed E-state index contributed by atoms with van der Waals surface area (Å²) >= 11 is 3.42. The first-order valence-corrected chi connectivity index (χ1v) is 5.72. The van der Waals surface area contributed by atoms with Gasteiger partial charge < -0.3 is 9.88 Å². The molecule has 0 amide bonds. The van der Waals surface area contributed by atoms with Gasteiger partial charge in [0.2, 0.25) is 0 Å². The zero-order valence-corrected chi connectivity index (χ0v) is 10.5. The topological polar surface area (TPSA) is 31.9 Å². The highest BCUT2D eigenvalue weighted by molar-refractivity contribution is 9.10. The summed E-state index contributed by atoms with van der Waals surface area (Å²) in [6, 6.07) is 4.24. The maximum absolute atomic E-state index is 4.31. The Morgan fingerprint density at radius 2 is 2.20 bits per heavy atom. The first kappa shape index (κ1) is 10.6. The van der Waals surface area contributed by atoms with Crippen LogP contribution in [-0.2, 0) is 6.42 Å². The molecule has 4 heteroatoms. The summed E-state index contributed by atoms with van der Waals surface area (Å²) in [6.07, 6.45) is 2.84. The van der Waals surface area contributed by atoms with Gasteiger partial charge in [-0.2, -0.15) is 0 Å². The first-order valence-electron chi connectivity index (χ1n) is 4.93. The number of nitrogens with zero attached hydrogens (tertiary/aromatic N) is 2. The van der Waals surface area contributed by atoms with Gasteiger partial charge in [0, 0.05) is 34.7 Å². The van der Waals surface area contributed by atoms with Crippen LogP contribution in [0.15, 0.2) is 22.8 Å². The van der Waals surface area contributed by atoms with Gasteiger partial charge in [0.15, 0.2) is 0 Å². The largest absolute Gasteiger partial charge is 0.343 e. The smallest absolute Gasteiger partial charge is 0.137 e. The van der Waals surface area contributed by atoms with Gasteiger partial charge in [0.25, 0.3) is 0 Å². The minimum absolute atomic E-state index is 0.965. The van der Waals surface area contributed by atoms with Crippen molar-refractivity contribution in [1.29, 1.82) is 0 Å². The van der Waals surface area contributed by atoms with Gasteiger partial charge >= 0.3 is 0 Å². The molecule has 2 aromatic heterocycles.